The highest BCUT2D eigenvalue weighted by atomic mass is 16.5. The monoisotopic (exact) mass is 494 g/mol. The van der Waals surface area contributed by atoms with E-state index in [2.05, 4.69) is 20.8 Å². The number of aliphatic hydroxyl groups is 1. The van der Waals surface area contributed by atoms with E-state index in [0.717, 1.165) is 36.8 Å². The topological polar surface area (TPSA) is 85.2 Å². The van der Waals surface area contributed by atoms with E-state index < -0.39 is 6.10 Å². The molecule has 2 aliphatic rings. The maximum absolute atomic E-state index is 13.9. The van der Waals surface area contributed by atoms with E-state index in [9.17, 15) is 15.0 Å². The minimum Gasteiger partial charge on any atom is -0.507 e. The molecule has 0 fully saturated rings. The number of methoxy groups -OCH3 is 2. The molecule has 0 saturated carbocycles. The largest absolute Gasteiger partial charge is 0.507 e. The van der Waals surface area contributed by atoms with Crippen LogP contribution in [-0.4, -0.2) is 42.9 Å². The van der Waals surface area contributed by atoms with Gasteiger partial charge in [0.15, 0.2) is 0 Å². The molecule has 0 saturated heterocycles. The molecule has 0 radical (unpaired) electrons. The summed E-state index contributed by atoms with van der Waals surface area (Å²) in [7, 11) is 3.18. The molecule has 0 aromatic heterocycles. The Bertz CT molecular complexity index is 1190. The number of carbonyl (C=O) groups excluding carboxylic acids is 1. The minimum absolute atomic E-state index is 0.0737. The molecule has 2 N–H and O–H groups in total. The molecule has 36 heavy (non-hydrogen) atoms. The van der Waals surface area contributed by atoms with Crippen molar-refractivity contribution in [1.82, 2.24) is 0 Å². The molecular weight excluding hydrogens is 456 g/mol. The number of hydrogen-bond acceptors (Lipinski definition) is 6. The Morgan fingerprint density at radius 3 is 2.50 bits per heavy atom. The number of unbranched alkanes of at least 4 members (excludes halogenated alkanes) is 1. The van der Waals surface area contributed by atoms with Crippen LogP contribution in [0.2, 0.25) is 0 Å². The zero-order valence-corrected chi connectivity index (χ0v) is 22.2. The average molecular weight is 495 g/mol. The van der Waals surface area contributed by atoms with Crippen molar-refractivity contribution in [2.24, 2.45) is 5.41 Å². The molecule has 0 aliphatic heterocycles. The van der Waals surface area contributed by atoms with E-state index in [0.29, 0.717) is 41.4 Å². The van der Waals surface area contributed by atoms with Crippen LogP contribution in [0.1, 0.15) is 92.8 Å². The second-order valence-electron chi connectivity index (χ2n) is 10.6. The number of phenols is 1. The van der Waals surface area contributed by atoms with Gasteiger partial charge in [-0.1, -0.05) is 32.8 Å². The summed E-state index contributed by atoms with van der Waals surface area (Å²) in [6.45, 7) is 8.98. The van der Waals surface area contributed by atoms with Crippen LogP contribution in [0, 0.1) is 5.41 Å². The fourth-order valence-electron chi connectivity index (χ4n) is 5.77. The van der Waals surface area contributed by atoms with Crippen LogP contribution in [-0.2, 0) is 0 Å². The Kier molecular flexibility index (Phi) is 7.37. The average Bonchev–Trinajstić information content (AvgIpc) is 2.85. The van der Waals surface area contributed by atoms with Crippen molar-refractivity contribution in [1.29, 1.82) is 0 Å². The number of hydrogen-bond donors (Lipinski definition) is 2. The highest BCUT2D eigenvalue weighted by molar-refractivity contribution is 6.16. The van der Waals surface area contributed by atoms with Gasteiger partial charge in [0.2, 0.25) is 5.78 Å². The fraction of sp³-hybridized carbons (Fsp3) is 0.500. The molecule has 2 aromatic carbocycles. The number of aliphatic hydroxyl groups excluding tert-OH is 1. The van der Waals surface area contributed by atoms with Crippen molar-refractivity contribution >= 4 is 5.78 Å². The summed E-state index contributed by atoms with van der Waals surface area (Å²) < 4.78 is 17.5. The molecule has 2 aliphatic carbocycles. The molecule has 0 heterocycles. The first-order valence-electron chi connectivity index (χ1n) is 12.8. The summed E-state index contributed by atoms with van der Waals surface area (Å²) in [6.07, 6.45) is 3.51. The predicted octanol–water partition coefficient (Wildman–Crippen LogP) is 6.15. The summed E-state index contributed by atoms with van der Waals surface area (Å²) >= 11 is 0. The summed E-state index contributed by atoms with van der Waals surface area (Å²) in [4.78, 5) is 13.9. The van der Waals surface area contributed by atoms with Crippen LogP contribution in [0.25, 0.3) is 0 Å². The maximum atomic E-state index is 13.9. The molecule has 0 bridgehead atoms. The number of fused-ring (bicyclic) bond motifs is 2. The number of ketones is 1. The molecule has 0 spiro atoms. The number of benzene rings is 2. The number of rotatable bonds is 8. The van der Waals surface area contributed by atoms with Crippen molar-refractivity contribution in [2.45, 2.75) is 71.8 Å². The normalized spacial score (nSPS) is 20.6. The lowest BCUT2D eigenvalue weighted by molar-refractivity contribution is 0.102. The second-order valence-corrected chi connectivity index (χ2v) is 10.6. The van der Waals surface area contributed by atoms with Gasteiger partial charge >= 0.3 is 0 Å². The molecule has 0 amide bonds. The van der Waals surface area contributed by atoms with Crippen LogP contribution in [0.4, 0.5) is 0 Å². The van der Waals surface area contributed by atoms with Gasteiger partial charge < -0.3 is 24.4 Å². The number of carbonyl (C=O) groups is 1. The van der Waals surface area contributed by atoms with Crippen LogP contribution >= 0.6 is 0 Å². The van der Waals surface area contributed by atoms with Gasteiger partial charge in [-0.25, -0.2) is 0 Å². The van der Waals surface area contributed by atoms with Gasteiger partial charge in [0.25, 0.3) is 0 Å². The third kappa shape index (κ3) is 4.47. The summed E-state index contributed by atoms with van der Waals surface area (Å²) in [6, 6.07) is 6.88. The van der Waals surface area contributed by atoms with Gasteiger partial charge in [0, 0.05) is 17.5 Å². The number of ether oxygens (including phenoxy) is 3. The Morgan fingerprint density at radius 1 is 1.08 bits per heavy atom. The van der Waals surface area contributed by atoms with Gasteiger partial charge in [0.05, 0.1) is 38.1 Å². The van der Waals surface area contributed by atoms with E-state index in [1.807, 2.05) is 13.0 Å². The van der Waals surface area contributed by atoms with Gasteiger partial charge in [-0.2, -0.15) is 0 Å². The number of phenolic OH excluding ortho intramolecular Hbond substituents is 1. The first kappa shape index (κ1) is 26.1. The highest BCUT2D eigenvalue weighted by Gasteiger charge is 2.41. The van der Waals surface area contributed by atoms with Gasteiger partial charge in [-0.05, 0) is 67.4 Å². The van der Waals surface area contributed by atoms with Crippen molar-refractivity contribution in [3.63, 3.8) is 0 Å². The van der Waals surface area contributed by atoms with Crippen molar-refractivity contribution < 1.29 is 29.2 Å². The first-order valence-corrected chi connectivity index (χ1v) is 12.8. The third-order valence-corrected chi connectivity index (χ3v) is 7.92. The van der Waals surface area contributed by atoms with E-state index in [1.165, 1.54) is 11.6 Å². The van der Waals surface area contributed by atoms with E-state index in [-0.39, 0.29) is 28.4 Å². The molecule has 0 unspecified atom stereocenters. The van der Waals surface area contributed by atoms with Crippen molar-refractivity contribution in [2.75, 3.05) is 20.8 Å². The Morgan fingerprint density at radius 2 is 1.83 bits per heavy atom. The third-order valence-electron chi connectivity index (χ3n) is 7.92. The minimum atomic E-state index is -0.485. The van der Waals surface area contributed by atoms with Gasteiger partial charge in [-0.15, -0.1) is 0 Å². The van der Waals surface area contributed by atoms with Crippen molar-refractivity contribution in [3.8, 4) is 23.0 Å². The molecule has 4 rings (SSSR count). The quantitative estimate of drug-likeness (QED) is 0.338. The van der Waals surface area contributed by atoms with Crippen LogP contribution < -0.4 is 14.2 Å². The number of aromatic hydroxyl groups is 1. The summed E-state index contributed by atoms with van der Waals surface area (Å²) in [5, 5.41) is 21.6. The molecule has 6 nitrogen and oxygen atoms in total. The summed E-state index contributed by atoms with van der Waals surface area (Å²) in [5.41, 5.74) is 4.20. The Labute approximate surface area is 213 Å². The lowest BCUT2D eigenvalue weighted by Gasteiger charge is -2.40. The lowest BCUT2D eigenvalue weighted by Crippen LogP contribution is -2.30. The van der Waals surface area contributed by atoms with E-state index in [4.69, 9.17) is 14.2 Å². The van der Waals surface area contributed by atoms with Crippen LogP contribution in [0.15, 0.2) is 35.4 Å². The first-order chi connectivity index (χ1) is 17.1. The lowest BCUT2D eigenvalue weighted by atomic mass is 9.65. The maximum Gasteiger partial charge on any atom is 0.201 e. The molecule has 2 aromatic rings. The molecule has 6 heteroatoms. The Balaban J connectivity index is 1.99. The van der Waals surface area contributed by atoms with E-state index >= 15 is 0 Å². The van der Waals surface area contributed by atoms with Crippen LogP contribution in [0.5, 0.6) is 23.0 Å². The molecular formula is C30H38O6. The SMILES string of the molecule is CCCCOc1cc(OC)cc2c1C(=O)c1c(O)ccc(OC)c1[C@H]2CC1=C(C)[C@@H](O)CCC1(C)C. The van der Waals surface area contributed by atoms with Crippen LogP contribution in [0.3, 0.4) is 0 Å². The Hall–Kier alpha value is -2.99. The van der Waals surface area contributed by atoms with Crippen molar-refractivity contribution in [3.05, 3.63) is 57.7 Å². The zero-order chi connectivity index (χ0) is 26.2. The summed E-state index contributed by atoms with van der Waals surface area (Å²) in [5.74, 6) is 0.970. The molecule has 194 valence electrons. The fourth-order valence-corrected chi connectivity index (χ4v) is 5.77. The highest BCUT2D eigenvalue weighted by Crippen LogP contribution is 2.53. The smallest absolute Gasteiger partial charge is 0.201 e. The van der Waals surface area contributed by atoms with E-state index in [1.54, 1.807) is 26.4 Å². The van der Waals surface area contributed by atoms with Gasteiger partial charge in [-0.3, -0.25) is 4.79 Å². The zero-order valence-electron chi connectivity index (χ0n) is 22.2. The van der Waals surface area contributed by atoms with Gasteiger partial charge in [0.1, 0.15) is 23.0 Å². The number of allylic oxidation sites excluding steroid dienone is 1. The molecule has 2 atom stereocenters. The second kappa shape index (κ2) is 10.2. The standard InChI is InChI=1S/C30H38O6/c1-7-8-13-36-25-15-18(34-5)14-19-20(16-21-17(2)22(31)11-12-30(21,3)4)26-24(35-6)10-9-23(32)28(26)29(33)27(19)25/h9-10,14-15,20,22,31-32H,7-8,11-13,16H2,1-6H3/t20-,22-/m0/s1. The predicted molar refractivity (Wildman–Crippen MR) is 140 cm³/mol.